The van der Waals surface area contributed by atoms with Crippen LogP contribution in [-0.4, -0.2) is 55.5 Å². The summed E-state index contributed by atoms with van der Waals surface area (Å²) in [5.41, 5.74) is 10.5. The molecule has 40 heavy (non-hydrogen) atoms. The van der Waals surface area contributed by atoms with Gasteiger partial charge in [0.2, 0.25) is 10.0 Å². The highest BCUT2D eigenvalue weighted by molar-refractivity contribution is 7.89. The minimum Gasteiger partial charge on any atom is -0.494 e. The molecule has 3 aliphatic rings. The molecule has 10 heteroatoms. The second-order valence-electron chi connectivity index (χ2n) is 10.6. The van der Waals surface area contributed by atoms with Crippen molar-refractivity contribution in [2.24, 2.45) is 5.92 Å². The monoisotopic (exact) mass is 559 g/mol. The van der Waals surface area contributed by atoms with E-state index in [1.165, 1.54) is 23.3 Å². The van der Waals surface area contributed by atoms with E-state index in [9.17, 15) is 12.8 Å². The first-order valence-electron chi connectivity index (χ1n) is 13.5. The smallest absolute Gasteiger partial charge is 0.245 e. The lowest BCUT2D eigenvalue weighted by Gasteiger charge is -2.39. The van der Waals surface area contributed by atoms with Gasteiger partial charge in [-0.3, -0.25) is 15.3 Å². The number of halogens is 1. The van der Waals surface area contributed by atoms with Crippen LogP contribution in [0.1, 0.15) is 28.8 Å². The van der Waals surface area contributed by atoms with Crippen LogP contribution in [0.15, 0.2) is 83.9 Å². The predicted molar refractivity (Wildman–Crippen MR) is 149 cm³/mol. The van der Waals surface area contributed by atoms with Crippen LogP contribution in [0.3, 0.4) is 0 Å². The van der Waals surface area contributed by atoms with Crippen LogP contribution < -0.4 is 15.6 Å². The first-order chi connectivity index (χ1) is 19.5. The maximum Gasteiger partial charge on any atom is 0.245 e. The Morgan fingerprint density at radius 2 is 1.85 bits per heavy atom. The van der Waals surface area contributed by atoms with Gasteiger partial charge in [0.15, 0.2) is 0 Å². The zero-order valence-corrected chi connectivity index (χ0v) is 22.8. The van der Waals surface area contributed by atoms with Crippen molar-refractivity contribution in [2.75, 3.05) is 26.7 Å². The van der Waals surface area contributed by atoms with E-state index in [4.69, 9.17) is 4.74 Å². The highest BCUT2D eigenvalue weighted by Gasteiger charge is 2.53. The molecule has 8 nitrogen and oxygen atoms in total. The van der Waals surface area contributed by atoms with Crippen LogP contribution in [-0.2, 0) is 16.4 Å². The first-order valence-corrected chi connectivity index (χ1v) is 14.9. The van der Waals surface area contributed by atoms with Gasteiger partial charge >= 0.3 is 0 Å². The van der Waals surface area contributed by atoms with Gasteiger partial charge in [-0.05, 0) is 59.5 Å². The average molecular weight is 560 g/mol. The SMILES string of the molecule is COc1ccc(S(=O)(=O)N2CC3c4ccccc4CCN3C2C2CNNC2c2ccc(F)cc2)c2cccnc12. The van der Waals surface area contributed by atoms with Gasteiger partial charge in [-0.25, -0.2) is 18.2 Å². The van der Waals surface area contributed by atoms with E-state index < -0.39 is 16.2 Å². The lowest BCUT2D eigenvalue weighted by molar-refractivity contribution is 0.0971. The molecule has 0 saturated carbocycles. The van der Waals surface area contributed by atoms with Gasteiger partial charge in [0, 0.05) is 37.1 Å². The Hall–Kier alpha value is -3.41. The number of sulfonamides is 1. The Kier molecular flexibility index (Phi) is 6.32. The van der Waals surface area contributed by atoms with Crippen molar-refractivity contribution >= 4 is 20.9 Å². The van der Waals surface area contributed by atoms with Gasteiger partial charge in [0.1, 0.15) is 17.1 Å². The average Bonchev–Trinajstić information content (AvgIpc) is 3.62. The van der Waals surface area contributed by atoms with Crippen molar-refractivity contribution in [1.82, 2.24) is 25.0 Å². The van der Waals surface area contributed by atoms with Crippen molar-refractivity contribution in [3.05, 3.63) is 102 Å². The topological polar surface area (TPSA) is 86.8 Å². The molecule has 7 rings (SSSR count). The third-order valence-electron chi connectivity index (χ3n) is 8.58. The second-order valence-corrected chi connectivity index (χ2v) is 12.4. The summed E-state index contributed by atoms with van der Waals surface area (Å²) in [4.78, 5) is 7.00. The van der Waals surface area contributed by atoms with Crippen LogP contribution in [0.4, 0.5) is 4.39 Å². The van der Waals surface area contributed by atoms with Crippen LogP contribution in [0.2, 0.25) is 0 Å². The fourth-order valence-electron chi connectivity index (χ4n) is 6.76. The number of aromatic nitrogens is 1. The van der Waals surface area contributed by atoms with Crippen LogP contribution in [0.25, 0.3) is 10.9 Å². The fraction of sp³-hybridized carbons (Fsp3) is 0.300. The van der Waals surface area contributed by atoms with Crippen molar-refractivity contribution < 1.29 is 17.5 Å². The number of benzene rings is 3. The van der Waals surface area contributed by atoms with E-state index >= 15 is 0 Å². The molecule has 0 bridgehead atoms. The quantitative estimate of drug-likeness (QED) is 0.385. The molecule has 2 fully saturated rings. The number of hydrogen-bond donors (Lipinski definition) is 2. The summed E-state index contributed by atoms with van der Waals surface area (Å²) in [6, 6.07) is 21.3. The number of nitrogens with zero attached hydrogens (tertiary/aromatic N) is 3. The zero-order chi connectivity index (χ0) is 27.4. The normalized spacial score (nSPS) is 25.1. The van der Waals surface area contributed by atoms with E-state index in [-0.39, 0.29) is 28.7 Å². The third-order valence-corrected chi connectivity index (χ3v) is 10.5. The number of pyridine rings is 1. The summed E-state index contributed by atoms with van der Waals surface area (Å²) >= 11 is 0. The lowest BCUT2D eigenvalue weighted by Crippen LogP contribution is -2.50. The molecule has 0 aliphatic carbocycles. The minimum atomic E-state index is -3.97. The van der Waals surface area contributed by atoms with Gasteiger partial charge < -0.3 is 4.74 Å². The Bertz CT molecular complexity index is 1680. The summed E-state index contributed by atoms with van der Waals surface area (Å²) in [7, 11) is -2.41. The summed E-state index contributed by atoms with van der Waals surface area (Å²) in [5, 5.41) is 0.531. The molecule has 3 aliphatic heterocycles. The number of hydrogen-bond acceptors (Lipinski definition) is 7. The molecule has 2 N–H and O–H groups in total. The zero-order valence-electron chi connectivity index (χ0n) is 22.0. The van der Waals surface area contributed by atoms with Gasteiger partial charge in [-0.1, -0.05) is 36.4 Å². The number of methoxy groups -OCH3 is 1. The largest absolute Gasteiger partial charge is 0.494 e. The summed E-state index contributed by atoms with van der Waals surface area (Å²) in [5.74, 6) is 0.0987. The molecule has 0 amide bonds. The van der Waals surface area contributed by atoms with Crippen molar-refractivity contribution in [2.45, 2.75) is 29.6 Å². The van der Waals surface area contributed by atoms with E-state index in [0.29, 0.717) is 29.7 Å². The van der Waals surface area contributed by atoms with Gasteiger partial charge in [-0.2, -0.15) is 4.31 Å². The Balaban J connectivity index is 1.36. The molecule has 4 heterocycles. The number of ether oxygens (including phenoxy) is 1. The Labute approximate surface area is 232 Å². The summed E-state index contributed by atoms with van der Waals surface area (Å²) in [6.45, 7) is 1.65. The highest BCUT2D eigenvalue weighted by Crippen LogP contribution is 2.46. The van der Waals surface area contributed by atoms with Crippen LogP contribution in [0, 0.1) is 11.7 Å². The summed E-state index contributed by atoms with van der Waals surface area (Å²) < 4.78 is 50.3. The molecule has 2 saturated heterocycles. The maximum absolute atomic E-state index is 14.7. The van der Waals surface area contributed by atoms with Gasteiger partial charge in [-0.15, -0.1) is 0 Å². The molecular weight excluding hydrogens is 529 g/mol. The standard InChI is InChI=1S/C30H30FN5O3S/c1-39-26-12-13-27(23-7-4-15-32-29(23)26)40(37,38)36-18-25-22-6-3-2-5-19(22)14-16-35(25)30(36)24-17-33-34-28(24)20-8-10-21(31)11-9-20/h2-13,15,24-25,28,30,33-34H,14,16-18H2,1H3. The van der Waals surface area contributed by atoms with E-state index in [1.54, 1.807) is 54.0 Å². The summed E-state index contributed by atoms with van der Waals surface area (Å²) in [6.07, 6.45) is 2.07. The first kappa shape index (κ1) is 25.6. The van der Waals surface area contributed by atoms with Crippen molar-refractivity contribution in [3.8, 4) is 5.75 Å². The molecular formula is C30H30FN5O3S. The van der Waals surface area contributed by atoms with Crippen LogP contribution >= 0.6 is 0 Å². The molecule has 4 atom stereocenters. The molecule has 4 unspecified atom stereocenters. The Morgan fingerprint density at radius 1 is 1.02 bits per heavy atom. The number of fused-ring (bicyclic) bond motifs is 4. The van der Waals surface area contributed by atoms with Crippen molar-refractivity contribution in [1.29, 1.82) is 0 Å². The van der Waals surface area contributed by atoms with E-state index in [0.717, 1.165) is 18.5 Å². The highest BCUT2D eigenvalue weighted by atomic mass is 32.2. The van der Waals surface area contributed by atoms with Crippen LogP contribution in [0.5, 0.6) is 5.75 Å². The molecule has 4 aromatic rings. The van der Waals surface area contributed by atoms with Gasteiger partial charge in [0.25, 0.3) is 0 Å². The van der Waals surface area contributed by atoms with E-state index in [2.05, 4.69) is 32.9 Å². The maximum atomic E-state index is 14.7. The molecule has 0 radical (unpaired) electrons. The van der Waals surface area contributed by atoms with Gasteiger partial charge in [0.05, 0.1) is 30.3 Å². The molecule has 1 aromatic heterocycles. The molecule has 206 valence electrons. The van der Waals surface area contributed by atoms with Crippen molar-refractivity contribution in [3.63, 3.8) is 0 Å². The fourth-order valence-corrected chi connectivity index (χ4v) is 8.60. The number of nitrogens with one attached hydrogen (secondary N) is 2. The number of rotatable bonds is 5. The Morgan fingerprint density at radius 3 is 2.67 bits per heavy atom. The third kappa shape index (κ3) is 4.02. The minimum absolute atomic E-state index is 0.0677. The van der Waals surface area contributed by atoms with E-state index in [1.807, 2.05) is 12.1 Å². The molecule has 0 spiro atoms. The lowest BCUT2D eigenvalue weighted by atomic mass is 9.89. The molecule has 3 aromatic carbocycles. The second kappa shape index (κ2) is 9.90. The predicted octanol–water partition coefficient (Wildman–Crippen LogP) is 3.78. The number of hydrazine groups is 1.